The Morgan fingerprint density at radius 3 is 2.39 bits per heavy atom. The van der Waals surface area contributed by atoms with Crippen LogP contribution >= 0.6 is 0 Å². The summed E-state index contributed by atoms with van der Waals surface area (Å²) in [6.45, 7) is 6.15. The molecule has 0 radical (unpaired) electrons. The number of rotatable bonds is 5. The zero-order valence-electron chi connectivity index (χ0n) is 14.9. The molecule has 128 valence electrons. The molecule has 2 rings (SSSR count). The molecule has 0 heterocycles. The highest BCUT2D eigenvalue weighted by Crippen LogP contribution is 2.20. The zero-order valence-corrected chi connectivity index (χ0v) is 14.9. The number of aryl methyl sites for hydroxylation is 2. The lowest BCUT2D eigenvalue weighted by molar-refractivity contribution is -0.129. The van der Waals surface area contributed by atoms with E-state index >= 15 is 0 Å². The van der Waals surface area contributed by atoms with E-state index in [0.29, 0.717) is 12.5 Å². The van der Waals surface area contributed by atoms with Gasteiger partial charge in [0.2, 0.25) is 0 Å². The molecule has 1 fully saturated rings. The van der Waals surface area contributed by atoms with E-state index in [1.54, 1.807) is 0 Å². The molecule has 1 aliphatic rings. The van der Waals surface area contributed by atoms with Gasteiger partial charge in [0.15, 0.2) is 6.10 Å². The molecule has 1 aliphatic carbocycles. The second-order valence-electron chi connectivity index (χ2n) is 6.81. The summed E-state index contributed by atoms with van der Waals surface area (Å²) in [6.07, 6.45) is 8.87. The lowest BCUT2D eigenvalue weighted by atomic mass is 9.96. The Hall–Kier alpha value is -1.51. The first-order chi connectivity index (χ1) is 11.1. The van der Waals surface area contributed by atoms with Crippen molar-refractivity contribution in [2.75, 3.05) is 0 Å². The average Bonchev–Trinajstić information content (AvgIpc) is 2.50. The summed E-state index contributed by atoms with van der Waals surface area (Å²) < 4.78 is 5.95. The van der Waals surface area contributed by atoms with Crippen molar-refractivity contribution < 1.29 is 9.53 Å². The number of carbonyl (C=O) groups is 1. The van der Waals surface area contributed by atoms with Gasteiger partial charge in [0.25, 0.3) is 5.91 Å². The number of hydrogen-bond acceptors (Lipinski definition) is 2. The third kappa shape index (κ3) is 5.56. The lowest BCUT2D eigenvalue weighted by Gasteiger charge is -2.24. The molecule has 0 saturated heterocycles. The number of nitrogens with one attached hydrogen (secondary N) is 1. The highest BCUT2D eigenvalue weighted by atomic mass is 16.5. The van der Waals surface area contributed by atoms with Gasteiger partial charge in [0, 0.05) is 6.04 Å². The van der Waals surface area contributed by atoms with E-state index in [1.807, 2.05) is 25.1 Å². The minimum Gasteiger partial charge on any atom is -0.481 e. The van der Waals surface area contributed by atoms with Crippen LogP contribution in [0.3, 0.4) is 0 Å². The maximum absolute atomic E-state index is 12.6. The summed E-state index contributed by atoms with van der Waals surface area (Å²) in [6, 6.07) is 6.33. The highest BCUT2D eigenvalue weighted by molar-refractivity contribution is 5.81. The van der Waals surface area contributed by atoms with E-state index in [1.165, 1.54) is 43.2 Å². The average molecular weight is 317 g/mol. The van der Waals surface area contributed by atoms with Crippen molar-refractivity contribution in [3.05, 3.63) is 29.3 Å². The van der Waals surface area contributed by atoms with Gasteiger partial charge in [-0.2, -0.15) is 0 Å². The van der Waals surface area contributed by atoms with Crippen LogP contribution in [0.1, 0.15) is 69.4 Å². The first-order valence-electron chi connectivity index (χ1n) is 9.14. The Morgan fingerprint density at radius 1 is 1.13 bits per heavy atom. The number of ether oxygens (including phenoxy) is 1. The highest BCUT2D eigenvalue weighted by Gasteiger charge is 2.22. The SMILES string of the molecule is CCC(Oc1ccc(C)c(C)c1)C(=O)NC1CCCCCCC1. The fraction of sp³-hybridized carbons (Fsp3) is 0.650. The van der Waals surface area contributed by atoms with Gasteiger partial charge >= 0.3 is 0 Å². The van der Waals surface area contributed by atoms with Gasteiger partial charge in [0.05, 0.1) is 0 Å². The number of benzene rings is 1. The van der Waals surface area contributed by atoms with Gasteiger partial charge in [-0.15, -0.1) is 0 Å². The second kappa shape index (κ2) is 8.95. The third-order valence-corrected chi connectivity index (χ3v) is 4.87. The predicted molar refractivity (Wildman–Crippen MR) is 94.9 cm³/mol. The molecular formula is C20H31NO2. The Labute approximate surface area is 140 Å². The second-order valence-corrected chi connectivity index (χ2v) is 6.81. The van der Waals surface area contributed by atoms with Crippen LogP contribution in [-0.2, 0) is 4.79 Å². The van der Waals surface area contributed by atoms with Crippen LogP contribution < -0.4 is 10.1 Å². The van der Waals surface area contributed by atoms with E-state index in [4.69, 9.17) is 4.74 Å². The molecule has 3 heteroatoms. The van der Waals surface area contributed by atoms with Crippen molar-refractivity contribution in [2.24, 2.45) is 0 Å². The summed E-state index contributed by atoms with van der Waals surface area (Å²) in [4.78, 5) is 12.6. The van der Waals surface area contributed by atoms with Crippen LogP contribution in [0.5, 0.6) is 5.75 Å². The van der Waals surface area contributed by atoms with E-state index in [0.717, 1.165) is 18.6 Å². The van der Waals surface area contributed by atoms with Crippen molar-refractivity contribution in [2.45, 2.75) is 84.3 Å². The summed E-state index contributed by atoms with van der Waals surface area (Å²) in [5, 5.41) is 3.22. The predicted octanol–water partition coefficient (Wildman–Crippen LogP) is 4.69. The van der Waals surface area contributed by atoms with E-state index < -0.39 is 6.10 Å². The van der Waals surface area contributed by atoms with Gasteiger partial charge < -0.3 is 10.1 Å². The smallest absolute Gasteiger partial charge is 0.261 e. The Bertz CT molecular complexity index is 504. The molecular weight excluding hydrogens is 286 g/mol. The summed E-state index contributed by atoms with van der Waals surface area (Å²) in [5.41, 5.74) is 2.43. The van der Waals surface area contributed by atoms with Gasteiger partial charge in [-0.25, -0.2) is 0 Å². The van der Waals surface area contributed by atoms with Gasteiger partial charge in [-0.1, -0.05) is 45.1 Å². The van der Waals surface area contributed by atoms with Crippen LogP contribution in [0, 0.1) is 13.8 Å². The molecule has 1 N–H and O–H groups in total. The maximum atomic E-state index is 12.6. The Kier molecular flexibility index (Phi) is 6.94. The number of hydrogen-bond donors (Lipinski definition) is 1. The van der Waals surface area contributed by atoms with E-state index in [9.17, 15) is 4.79 Å². The Morgan fingerprint density at radius 2 is 1.78 bits per heavy atom. The van der Waals surface area contributed by atoms with Crippen molar-refractivity contribution >= 4 is 5.91 Å². The Balaban J connectivity index is 1.93. The fourth-order valence-corrected chi connectivity index (χ4v) is 3.17. The van der Waals surface area contributed by atoms with Crippen LogP contribution in [-0.4, -0.2) is 18.1 Å². The molecule has 1 saturated carbocycles. The lowest BCUT2D eigenvalue weighted by Crippen LogP contribution is -2.43. The van der Waals surface area contributed by atoms with Gasteiger partial charge in [0.1, 0.15) is 5.75 Å². The number of amides is 1. The van der Waals surface area contributed by atoms with Gasteiger partial charge in [-0.3, -0.25) is 4.79 Å². The van der Waals surface area contributed by atoms with Crippen LogP contribution in [0.15, 0.2) is 18.2 Å². The maximum Gasteiger partial charge on any atom is 0.261 e. The molecule has 1 aromatic rings. The molecule has 0 aromatic heterocycles. The van der Waals surface area contributed by atoms with E-state index in [2.05, 4.69) is 19.2 Å². The third-order valence-electron chi connectivity index (χ3n) is 4.87. The molecule has 1 amide bonds. The topological polar surface area (TPSA) is 38.3 Å². The minimum absolute atomic E-state index is 0.0382. The van der Waals surface area contributed by atoms with Crippen LogP contribution in [0.25, 0.3) is 0 Å². The summed E-state index contributed by atoms with van der Waals surface area (Å²) in [7, 11) is 0. The van der Waals surface area contributed by atoms with Crippen LogP contribution in [0.4, 0.5) is 0 Å². The molecule has 0 bridgehead atoms. The molecule has 1 unspecified atom stereocenters. The van der Waals surface area contributed by atoms with Crippen LogP contribution in [0.2, 0.25) is 0 Å². The molecule has 0 aliphatic heterocycles. The van der Waals surface area contributed by atoms with Crippen molar-refractivity contribution in [3.8, 4) is 5.75 Å². The fourth-order valence-electron chi connectivity index (χ4n) is 3.17. The molecule has 23 heavy (non-hydrogen) atoms. The quantitative estimate of drug-likeness (QED) is 0.855. The van der Waals surface area contributed by atoms with Crippen molar-refractivity contribution in [1.29, 1.82) is 0 Å². The zero-order chi connectivity index (χ0) is 16.7. The summed E-state index contributed by atoms with van der Waals surface area (Å²) >= 11 is 0. The standard InChI is InChI=1S/C20H31NO2/c1-4-19(23-18-13-12-15(2)16(3)14-18)20(22)21-17-10-8-6-5-7-9-11-17/h12-14,17,19H,4-11H2,1-3H3,(H,21,22). The molecule has 1 atom stereocenters. The minimum atomic E-state index is -0.400. The van der Waals surface area contributed by atoms with Crippen molar-refractivity contribution in [3.63, 3.8) is 0 Å². The largest absolute Gasteiger partial charge is 0.481 e. The van der Waals surface area contributed by atoms with Crippen molar-refractivity contribution in [1.82, 2.24) is 5.32 Å². The van der Waals surface area contributed by atoms with Gasteiger partial charge in [-0.05, 0) is 56.4 Å². The molecule has 3 nitrogen and oxygen atoms in total. The van der Waals surface area contributed by atoms with E-state index in [-0.39, 0.29) is 5.91 Å². The first kappa shape index (κ1) is 17.8. The summed E-state index contributed by atoms with van der Waals surface area (Å²) in [5.74, 6) is 0.823. The first-order valence-corrected chi connectivity index (χ1v) is 9.14. The molecule has 1 aromatic carbocycles. The monoisotopic (exact) mass is 317 g/mol. The normalized spacial score (nSPS) is 17.9. The number of carbonyl (C=O) groups excluding carboxylic acids is 1. The molecule has 0 spiro atoms.